The lowest BCUT2D eigenvalue weighted by atomic mass is 9.93. The third-order valence-corrected chi connectivity index (χ3v) is 8.14. The third kappa shape index (κ3) is 11.1. The second-order valence-electron chi connectivity index (χ2n) is 13.9. The summed E-state index contributed by atoms with van der Waals surface area (Å²) >= 11 is 6.60. The fraction of sp³-hybridized carbons (Fsp3) is 0.583. The van der Waals surface area contributed by atoms with E-state index in [4.69, 9.17) is 25.8 Å². The van der Waals surface area contributed by atoms with Crippen LogP contribution in [-0.2, 0) is 19.1 Å². The number of hydrogen-bond acceptors (Lipinski definition) is 8. The van der Waals surface area contributed by atoms with Crippen LogP contribution in [0.25, 0.3) is 0 Å². The molecule has 260 valence electrons. The molecule has 0 aliphatic carbocycles. The molecule has 47 heavy (non-hydrogen) atoms. The van der Waals surface area contributed by atoms with Crippen LogP contribution in [0.5, 0.6) is 11.5 Å². The minimum absolute atomic E-state index is 0.0537. The van der Waals surface area contributed by atoms with E-state index in [-0.39, 0.29) is 73.6 Å². The van der Waals surface area contributed by atoms with Crippen LogP contribution >= 0.6 is 11.6 Å². The highest BCUT2D eigenvalue weighted by Gasteiger charge is 2.33. The Hall–Kier alpha value is -3.34. The first-order valence-electron chi connectivity index (χ1n) is 16.3. The summed E-state index contributed by atoms with van der Waals surface area (Å²) in [5.74, 6) is -0.512. The number of ether oxygens (including phenoxy) is 3. The van der Waals surface area contributed by atoms with Gasteiger partial charge in [-0.3, -0.25) is 14.4 Å². The van der Waals surface area contributed by atoms with Crippen LogP contribution in [0.15, 0.2) is 36.4 Å². The Balaban J connectivity index is 2.02. The second kappa shape index (κ2) is 16.7. The summed E-state index contributed by atoms with van der Waals surface area (Å²) in [4.78, 5) is 43.1. The molecule has 0 bridgehead atoms. The maximum Gasteiger partial charge on any atom is 0.310 e. The van der Waals surface area contributed by atoms with Crippen molar-refractivity contribution >= 4 is 35.1 Å². The van der Waals surface area contributed by atoms with Crippen molar-refractivity contribution in [2.75, 3.05) is 44.9 Å². The predicted molar refractivity (Wildman–Crippen MR) is 182 cm³/mol. The molecule has 3 rings (SSSR count). The van der Waals surface area contributed by atoms with Crippen molar-refractivity contribution in [3.05, 3.63) is 52.5 Å². The van der Waals surface area contributed by atoms with Crippen molar-refractivity contribution in [1.29, 1.82) is 0 Å². The van der Waals surface area contributed by atoms with E-state index >= 15 is 0 Å². The number of anilines is 1. The molecule has 2 N–H and O–H groups in total. The van der Waals surface area contributed by atoms with Crippen LogP contribution in [0.1, 0.15) is 90.9 Å². The monoisotopic (exact) mass is 674 g/mol. The third-order valence-electron chi connectivity index (χ3n) is 7.92. The molecular formula is C36H51ClN2O8. The number of methoxy groups -OCH3 is 1. The van der Waals surface area contributed by atoms with Crippen molar-refractivity contribution in [2.45, 2.75) is 85.4 Å². The average molecular weight is 675 g/mol. The zero-order valence-electron chi connectivity index (χ0n) is 28.8. The molecule has 0 aromatic heterocycles. The van der Waals surface area contributed by atoms with Gasteiger partial charge in [0.15, 0.2) is 0 Å². The number of benzene rings is 2. The van der Waals surface area contributed by atoms with Gasteiger partial charge in [-0.2, -0.15) is 0 Å². The van der Waals surface area contributed by atoms with E-state index in [0.29, 0.717) is 48.4 Å². The standard InChI is InChI=1S/C36H51ClN2O8/c1-8-46-34(43)24-12-11-18-38(22-24)30(40)15-16-31(41)39(23-35(2,3)4)32-27(33(42)26-13-9-10-14-28(26)45-7)20-25(37)21-29(32)47-19-17-36(5,6)44/h9-10,13-14,20-21,24,33,42,44H,8,11-12,15-19,22-23H2,1-7H3/t24-,33+/m0/s1. The Labute approximate surface area is 283 Å². The lowest BCUT2D eigenvalue weighted by Crippen LogP contribution is -2.43. The van der Waals surface area contributed by atoms with Gasteiger partial charge in [-0.05, 0) is 51.2 Å². The first kappa shape index (κ1) is 38.1. The number of aliphatic hydroxyl groups is 2. The van der Waals surface area contributed by atoms with Crippen LogP contribution < -0.4 is 14.4 Å². The number of nitrogens with zero attached hydrogens (tertiary/aromatic N) is 2. The number of piperidine rings is 1. The number of carbonyl (C=O) groups is 3. The zero-order chi connectivity index (χ0) is 34.9. The lowest BCUT2D eigenvalue weighted by molar-refractivity contribution is -0.151. The number of aliphatic hydroxyl groups excluding tert-OH is 1. The highest BCUT2D eigenvalue weighted by molar-refractivity contribution is 6.31. The minimum atomic E-state index is -1.25. The van der Waals surface area contributed by atoms with E-state index in [9.17, 15) is 24.6 Å². The van der Waals surface area contributed by atoms with Gasteiger partial charge in [0, 0.05) is 61.1 Å². The van der Waals surface area contributed by atoms with Crippen molar-refractivity contribution in [2.24, 2.45) is 11.3 Å². The SMILES string of the molecule is CCOC(=O)[C@H]1CCCN(C(=O)CCC(=O)N(CC(C)(C)C)c2c(OCCC(C)(C)O)cc(Cl)cc2[C@H](O)c2ccccc2OC)C1. The summed E-state index contributed by atoms with van der Waals surface area (Å²) in [5.41, 5.74) is -0.259. The number of carbonyl (C=O) groups excluding carboxylic acids is 3. The van der Waals surface area contributed by atoms with Gasteiger partial charge in [0.25, 0.3) is 0 Å². The van der Waals surface area contributed by atoms with E-state index in [1.165, 1.54) is 7.11 Å². The van der Waals surface area contributed by atoms with E-state index in [2.05, 4.69) is 0 Å². The molecule has 1 heterocycles. The summed E-state index contributed by atoms with van der Waals surface area (Å²) in [6.45, 7) is 12.5. The fourth-order valence-corrected chi connectivity index (χ4v) is 5.82. The molecular weight excluding hydrogens is 624 g/mol. The van der Waals surface area contributed by atoms with Crippen molar-refractivity contribution < 1.29 is 38.8 Å². The topological polar surface area (TPSA) is 126 Å². The molecule has 1 fully saturated rings. The first-order valence-corrected chi connectivity index (χ1v) is 16.7. The Morgan fingerprint density at radius 1 is 1.06 bits per heavy atom. The predicted octanol–water partition coefficient (Wildman–Crippen LogP) is 5.93. The normalized spacial score (nSPS) is 16.0. The van der Waals surface area contributed by atoms with Gasteiger partial charge in [0.1, 0.15) is 17.6 Å². The highest BCUT2D eigenvalue weighted by Crippen LogP contribution is 2.44. The quantitative estimate of drug-likeness (QED) is 0.236. The van der Waals surface area contributed by atoms with E-state index in [0.717, 1.165) is 0 Å². The fourth-order valence-electron chi connectivity index (χ4n) is 5.60. The van der Waals surface area contributed by atoms with Gasteiger partial charge in [0.05, 0.1) is 37.5 Å². The van der Waals surface area contributed by atoms with Gasteiger partial charge in [0.2, 0.25) is 11.8 Å². The minimum Gasteiger partial charge on any atom is -0.496 e. The van der Waals surface area contributed by atoms with Crippen molar-refractivity contribution in [3.8, 4) is 11.5 Å². The zero-order valence-corrected chi connectivity index (χ0v) is 29.6. The van der Waals surface area contributed by atoms with Crippen LogP contribution in [0.2, 0.25) is 5.02 Å². The average Bonchev–Trinajstić information content (AvgIpc) is 3.01. The van der Waals surface area contributed by atoms with Gasteiger partial charge >= 0.3 is 5.97 Å². The van der Waals surface area contributed by atoms with E-state index < -0.39 is 17.1 Å². The molecule has 1 aliphatic heterocycles. The Morgan fingerprint density at radius 2 is 1.77 bits per heavy atom. The second-order valence-corrected chi connectivity index (χ2v) is 14.3. The summed E-state index contributed by atoms with van der Waals surface area (Å²) in [6.07, 6.45) is 0.229. The molecule has 2 aromatic carbocycles. The molecule has 0 saturated carbocycles. The molecule has 11 heteroatoms. The molecule has 1 saturated heterocycles. The number of hydrogen-bond donors (Lipinski definition) is 2. The van der Waals surface area contributed by atoms with Gasteiger partial charge in [-0.15, -0.1) is 0 Å². The van der Waals surface area contributed by atoms with Crippen molar-refractivity contribution in [1.82, 2.24) is 4.90 Å². The maximum absolute atomic E-state index is 14.2. The summed E-state index contributed by atoms with van der Waals surface area (Å²) in [6, 6.07) is 10.2. The number of para-hydroxylation sites is 1. The highest BCUT2D eigenvalue weighted by atomic mass is 35.5. The van der Waals surface area contributed by atoms with Crippen LogP contribution in [0.3, 0.4) is 0 Å². The number of amides is 2. The summed E-state index contributed by atoms with van der Waals surface area (Å²) in [5, 5.41) is 22.5. The maximum atomic E-state index is 14.2. The molecule has 2 amide bonds. The lowest BCUT2D eigenvalue weighted by Gasteiger charge is -2.35. The van der Waals surface area contributed by atoms with Crippen LogP contribution in [0.4, 0.5) is 5.69 Å². The Bertz CT molecular complexity index is 1380. The van der Waals surface area contributed by atoms with Gasteiger partial charge in [-0.1, -0.05) is 50.6 Å². The largest absolute Gasteiger partial charge is 0.496 e. The van der Waals surface area contributed by atoms with Crippen LogP contribution in [0, 0.1) is 11.3 Å². The number of likely N-dealkylation sites (tertiary alicyclic amines) is 1. The van der Waals surface area contributed by atoms with Crippen LogP contribution in [-0.4, -0.2) is 78.5 Å². The number of halogens is 1. The molecule has 0 spiro atoms. The van der Waals surface area contributed by atoms with Gasteiger partial charge in [-0.25, -0.2) is 0 Å². The number of rotatable bonds is 14. The Kier molecular flexibility index (Phi) is 13.5. The van der Waals surface area contributed by atoms with Gasteiger partial charge < -0.3 is 34.2 Å². The van der Waals surface area contributed by atoms with Crippen molar-refractivity contribution in [3.63, 3.8) is 0 Å². The Morgan fingerprint density at radius 3 is 2.40 bits per heavy atom. The summed E-state index contributed by atoms with van der Waals surface area (Å²) < 4.78 is 16.9. The molecule has 0 unspecified atom stereocenters. The molecule has 2 atom stereocenters. The first-order chi connectivity index (χ1) is 22.0. The summed E-state index contributed by atoms with van der Waals surface area (Å²) in [7, 11) is 1.51. The molecule has 10 nitrogen and oxygen atoms in total. The number of esters is 1. The molecule has 2 aromatic rings. The van der Waals surface area contributed by atoms with E-state index in [1.807, 2.05) is 20.8 Å². The smallest absolute Gasteiger partial charge is 0.310 e. The molecule has 1 aliphatic rings. The molecule has 0 radical (unpaired) electrons. The van der Waals surface area contributed by atoms with E-state index in [1.54, 1.807) is 67.0 Å².